The lowest BCUT2D eigenvalue weighted by Gasteiger charge is -2.24. The molecule has 241 valence electrons. The molecule has 0 saturated carbocycles. The predicted octanol–water partition coefficient (Wildman–Crippen LogP) is 3.44. The fourth-order valence-electron chi connectivity index (χ4n) is 3.75. The molecule has 43 heavy (non-hydrogen) atoms. The van der Waals surface area contributed by atoms with Crippen LogP contribution in [0.1, 0.15) is 85.6 Å². The Balaban J connectivity index is 2.61. The summed E-state index contributed by atoms with van der Waals surface area (Å²) in [4.78, 5) is 61.9. The van der Waals surface area contributed by atoms with Crippen molar-refractivity contribution in [3.05, 3.63) is 36.2 Å². The number of nitrogens with two attached hydrogens (primary N) is 1. The van der Waals surface area contributed by atoms with E-state index >= 15 is 0 Å². The first kappa shape index (κ1) is 37.2. The Morgan fingerprint density at radius 2 is 1.53 bits per heavy atom. The fraction of sp³-hybridized carbons (Fsp3) is 0.600. The topological polar surface area (TPSA) is 190 Å². The number of hydrazine groups is 1. The van der Waals surface area contributed by atoms with Crippen molar-refractivity contribution in [2.24, 2.45) is 11.7 Å². The maximum absolute atomic E-state index is 12.9. The van der Waals surface area contributed by atoms with Crippen molar-refractivity contribution < 1.29 is 33.4 Å². The van der Waals surface area contributed by atoms with E-state index in [4.69, 9.17) is 15.2 Å². The zero-order valence-corrected chi connectivity index (χ0v) is 26.2. The first-order chi connectivity index (χ1) is 20.2. The van der Waals surface area contributed by atoms with Crippen molar-refractivity contribution in [1.29, 1.82) is 0 Å². The molecule has 7 N–H and O–H groups in total. The lowest BCUT2D eigenvalue weighted by molar-refractivity contribution is -0.130. The summed E-state index contributed by atoms with van der Waals surface area (Å²) >= 11 is 0. The van der Waals surface area contributed by atoms with Crippen LogP contribution in [-0.4, -0.2) is 54.1 Å². The summed E-state index contributed by atoms with van der Waals surface area (Å²) in [6, 6.07) is 4.91. The lowest BCUT2D eigenvalue weighted by Crippen LogP contribution is -2.52. The molecule has 0 fully saturated rings. The second-order valence-corrected chi connectivity index (χ2v) is 11.6. The minimum Gasteiger partial charge on any atom is -0.445 e. The van der Waals surface area contributed by atoms with Gasteiger partial charge in [0.15, 0.2) is 0 Å². The molecule has 2 atom stereocenters. The van der Waals surface area contributed by atoms with Gasteiger partial charge in [-0.1, -0.05) is 39.3 Å². The Morgan fingerprint density at radius 3 is 2.12 bits per heavy atom. The SMILES string of the molecule is C[CH]C[C@@H](NC(=O)OCc1ccc(NC(=O)[C@H](CC(C)C)NC(=O)OC(C)(C)C)cc1)C(=O)NNC(=O)CCCCCN. The summed E-state index contributed by atoms with van der Waals surface area (Å²) in [7, 11) is 0. The number of unbranched alkanes of at least 4 members (excludes halogenated alkanes) is 2. The highest BCUT2D eigenvalue weighted by atomic mass is 16.6. The van der Waals surface area contributed by atoms with E-state index in [9.17, 15) is 24.0 Å². The number of carbonyl (C=O) groups excluding carboxylic acids is 5. The number of anilines is 1. The highest BCUT2D eigenvalue weighted by Crippen LogP contribution is 2.14. The largest absolute Gasteiger partial charge is 0.445 e. The molecule has 13 nitrogen and oxygen atoms in total. The number of hydrogen-bond acceptors (Lipinski definition) is 8. The van der Waals surface area contributed by atoms with E-state index < -0.39 is 35.8 Å². The van der Waals surface area contributed by atoms with Crippen LogP contribution >= 0.6 is 0 Å². The molecule has 0 saturated heterocycles. The molecule has 1 aromatic carbocycles. The quantitative estimate of drug-likeness (QED) is 0.122. The second kappa shape index (κ2) is 19.3. The number of alkyl carbamates (subject to hydrolysis) is 2. The number of amides is 5. The third-order valence-corrected chi connectivity index (χ3v) is 5.82. The van der Waals surface area contributed by atoms with Crippen molar-refractivity contribution >= 4 is 35.6 Å². The number of rotatable bonds is 16. The summed E-state index contributed by atoms with van der Waals surface area (Å²) in [5, 5.41) is 7.91. The monoisotopic (exact) mass is 605 g/mol. The van der Waals surface area contributed by atoms with Gasteiger partial charge in [0.2, 0.25) is 11.8 Å². The highest BCUT2D eigenvalue weighted by Gasteiger charge is 2.25. The van der Waals surface area contributed by atoms with Crippen molar-refractivity contribution in [2.75, 3.05) is 11.9 Å². The van der Waals surface area contributed by atoms with Gasteiger partial charge in [-0.15, -0.1) is 0 Å². The second-order valence-electron chi connectivity index (χ2n) is 11.6. The lowest BCUT2D eigenvalue weighted by atomic mass is 10.0. The molecule has 0 heterocycles. The maximum atomic E-state index is 12.9. The number of hydrogen-bond donors (Lipinski definition) is 6. The van der Waals surface area contributed by atoms with Crippen LogP contribution in [0, 0.1) is 12.3 Å². The number of ether oxygens (including phenoxy) is 2. The smallest absolute Gasteiger partial charge is 0.408 e. The average Bonchev–Trinajstić information content (AvgIpc) is 2.91. The third kappa shape index (κ3) is 17.0. The van der Waals surface area contributed by atoms with E-state index in [2.05, 4.69) is 26.8 Å². The van der Waals surface area contributed by atoms with E-state index in [0.717, 1.165) is 12.8 Å². The van der Waals surface area contributed by atoms with Crippen molar-refractivity contribution in [3.8, 4) is 0 Å². The van der Waals surface area contributed by atoms with Gasteiger partial charge in [-0.3, -0.25) is 25.2 Å². The highest BCUT2D eigenvalue weighted by molar-refractivity contribution is 5.96. The maximum Gasteiger partial charge on any atom is 0.408 e. The van der Waals surface area contributed by atoms with Gasteiger partial charge in [-0.05, 0) is 83.0 Å². The molecule has 0 unspecified atom stereocenters. The minimum atomic E-state index is -0.944. The molecule has 0 aliphatic heterocycles. The van der Waals surface area contributed by atoms with Crippen LogP contribution in [0.5, 0.6) is 0 Å². The molecule has 0 bridgehead atoms. The standard InChI is InChI=1S/C30H49N6O7/c1-7-11-23(27(39)36-35-25(37)12-9-8-10-17-31)33-28(40)42-19-21-13-15-22(16-14-21)32-26(38)24(18-20(2)3)34-29(41)43-30(4,5)6/h7,13-16,20,23-24H,8-12,17-19,31H2,1-6H3,(H,32,38)(H,33,40)(H,34,41)(H,35,37)(H,36,39)/t23-,24+/m1/s1. The third-order valence-electron chi connectivity index (χ3n) is 5.82. The zero-order valence-electron chi connectivity index (χ0n) is 26.2. The molecule has 1 radical (unpaired) electrons. The van der Waals surface area contributed by atoms with E-state index in [-0.39, 0.29) is 37.2 Å². The fourth-order valence-corrected chi connectivity index (χ4v) is 3.75. The number of nitrogens with one attached hydrogen (secondary N) is 5. The van der Waals surface area contributed by atoms with Gasteiger partial charge in [0, 0.05) is 12.1 Å². The van der Waals surface area contributed by atoms with Crippen LogP contribution in [0.15, 0.2) is 24.3 Å². The average molecular weight is 606 g/mol. The van der Waals surface area contributed by atoms with Gasteiger partial charge in [0.25, 0.3) is 5.91 Å². The normalized spacial score (nSPS) is 12.5. The van der Waals surface area contributed by atoms with Crippen LogP contribution in [-0.2, 0) is 30.5 Å². The van der Waals surface area contributed by atoms with Crippen molar-refractivity contribution in [3.63, 3.8) is 0 Å². The van der Waals surface area contributed by atoms with Gasteiger partial charge in [0.05, 0.1) is 0 Å². The Kier molecular flexibility index (Phi) is 16.7. The Hall–Kier alpha value is -3.87. The van der Waals surface area contributed by atoms with E-state index in [0.29, 0.717) is 30.6 Å². The molecular weight excluding hydrogens is 556 g/mol. The first-order valence-electron chi connectivity index (χ1n) is 14.6. The summed E-state index contributed by atoms with van der Waals surface area (Å²) in [5.41, 5.74) is 10.6. The molecule has 1 rings (SSSR count). The summed E-state index contributed by atoms with van der Waals surface area (Å²) in [5.74, 6) is -1.15. The van der Waals surface area contributed by atoms with Gasteiger partial charge in [0.1, 0.15) is 24.3 Å². The summed E-state index contributed by atoms with van der Waals surface area (Å²) < 4.78 is 10.5. The number of benzene rings is 1. The zero-order chi connectivity index (χ0) is 32.4. The molecule has 13 heteroatoms. The Bertz CT molecular complexity index is 1040. The predicted molar refractivity (Wildman–Crippen MR) is 163 cm³/mol. The van der Waals surface area contributed by atoms with E-state index in [1.165, 1.54) is 0 Å². The Morgan fingerprint density at radius 1 is 0.884 bits per heavy atom. The first-order valence-corrected chi connectivity index (χ1v) is 14.6. The van der Waals surface area contributed by atoms with Crippen LogP contribution < -0.4 is 32.5 Å². The molecule has 0 aliphatic rings. The van der Waals surface area contributed by atoms with Crippen LogP contribution in [0.3, 0.4) is 0 Å². The summed E-state index contributed by atoms with van der Waals surface area (Å²) in [6.45, 7) is 11.3. The Labute approximate surface area is 254 Å². The van der Waals surface area contributed by atoms with Gasteiger partial charge >= 0.3 is 12.2 Å². The van der Waals surface area contributed by atoms with Crippen molar-refractivity contribution in [2.45, 2.75) is 104 Å². The van der Waals surface area contributed by atoms with Gasteiger partial charge < -0.3 is 31.2 Å². The molecule has 0 spiro atoms. The van der Waals surface area contributed by atoms with Crippen LogP contribution in [0.25, 0.3) is 0 Å². The van der Waals surface area contributed by atoms with E-state index in [1.54, 1.807) is 58.4 Å². The summed E-state index contributed by atoms with van der Waals surface area (Å²) in [6.07, 6.45) is 3.44. The minimum absolute atomic E-state index is 0.0834. The van der Waals surface area contributed by atoms with E-state index in [1.807, 2.05) is 13.8 Å². The molecular formula is C30H49N6O7. The van der Waals surface area contributed by atoms with Crippen LogP contribution in [0.4, 0.5) is 15.3 Å². The molecule has 5 amide bonds. The van der Waals surface area contributed by atoms with Crippen molar-refractivity contribution in [1.82, 2.24) is 21.5 Å². The molecule has 0 aromatic heterocycles. The molecule has 0 aliphatic carbocycles. The number of carbonyl (C=O) groups is 5. The van der Waals surface area contributed by atoms with Gasteiger partial charge in [-0.2, -0.15) is 0 Å². The van der Waals surface area contributed by atoms with Crippen LogP contribution in [0.2, 0.25) is 0 Å². The van der Waals surface area contributed by atoms with Gasteiger partial charge in [-0.25, -0.2) is 9.59 Å². The molecule has 1 aromatic rings.